The predicted molar refractivity (Wildman–Crippen MR) is 94.9 cm³/mol. The average Bonchev–Trinajstić information content (AvgIpc) is 3.25. The van der Waals surface area contributed by atoms with Gasteiger partial charge in [-0.2, -0.15) is 5.10 Å². The van der Waals surface area contributed by atoms with Crippen LogP contribution in [0.3, 0.4) is 0 Å². The van der Waals surface area contributed by atoms with Crippen LogP contribution in [-0.4, -0.2) is 51.6 Å². The summed E-state index contributed by atoms with van der Waals surface area (Å²) in [4.78, 5) is 17.2. The maximum atomic E-state index is 12.7. The van der Waals surface area contributed by atoms with E-state index in [-0.39, 0.29) is 11.9 Å². The number of carbonyl (C=O) groups excluding carboxylic acids is 1. The van der Waals surface area contributed by atoms with Crippen molar-refractivity contribution in [1.29, 1.82) is 0 Å². The maximum absolute atomic E-state index is 12.7. The second kappa shape index (κ2) is 7.18. The Morgan fingerprint density at radius 1 is 1.42 bits per heavy atom. The molecular formula is C19H26N4O. The molecule has 1 aromatic heterocycles. The fraction of sp³-hybridized carbons (Fsp3) is 0.474. The van der Waals surface area contributed by atoms with Gasteiger partial charge in [0.15, 0.2) is 0 Å². The zero-order valence-corrected chi connectivity index (χ0v) is 14.7. The van der Waals surface area contributed by atoms with Crippen molar-refractivity contribution in [3.63, 3.8) is 0 Å². The summed E-state index contributed by atoms with van der Waals surface area (Å²) < 4.78 is 0. The molecule has 1 saturated heterocycles. The highest BCUT2D eigenvalue weighted by Crippen LogP contribution is 2.27. The summed E-state index contributed by atoms with van der Waals surface area (Å²) in [6.45, 7) is 8.85. The second-order valence-electron chi connectivity index (χ2n) is 6.55. The summed E-state index contributed by atoms with van der Waals surface area (Å²) in [7, 11) is 0. The van der Waals surface area contributed by atoms with E-state index in [1.807, 2.05) is 30.9 Å². The lowest BCUT2D eigenvalue weighted by molar-refractivity contribution is 0.0683. The van der Waals surface area contributed by atoms with Crippen LogP contribution in [0, 0.1) is 6.92 Å². The maximum Gasteiger partial charge on any atom is 0.274 e. The van der Waals surface area contributed by atoms with Gasteiger partial charge in [-0.15, -0.1) is 0 Å². The molecule has 0 spiro atoms. The van der Waals surface area contributed by atoms with E-state index in [1.165, 1.54) is 5.56 Å². The third kappa shape index (κ3) is 3.36. The monoisotopic (exact) mass is 326 g/mol. The van der Waals surface area contributed by atoms with Crippen molar-refractivity contribution in [2.45, 2.75) is 39.3 Å². The highest BCUT2D eigenvalue weighted by Gasteiger charge is 2.33. The second-order valence-corrected chi connectivity index (χ2v) is 6.55. The highest BCUT2D eigenvalue weighted by molar-refractivity contribution is 5.92. The largest absolute Gasteiger partial charge is 0.333 e. The smallest absolute Gasteiger partial charge is 0.274 e. The Morgan fingerprint density at radius 2 is 2.17 bits per heavy atom. The molecule has 0 bridgehead atoms. The number of aromatic amines is 1. The van der Waals surface area contributed by atoms with Crippen molar-refractivity contribution in [2.75, 3.05) is 19.6 Å². The molecule has 24 heavy (non-hydrogen) atoms. The predicted octanol–water partition coefficient (Wildman–Crippen LogP) is 3.02. The lowest BCUT2D eigenvalue weighted by atomic mass is 10.1. The lowest BCUT2D eigenvalue weighted by Gasteiger charge is -2.29. The standard InChI is InChI=1S/C19H26N4O/c1-4-23(19(24)18-12-14(2)20-21-18)17-10-11-22(13-17)15(3)16-8-6-5-7-9-16/h5-9,12,15,17H,4,10-11,13H2,1-3H3,(H,20,21)/t15-,17+/m1/s1. The Morgan fingerprint density at radius 3 is 2.79 bits per heavy atom. The quantitative estimate of drug-likeness (QED) is 0.919. The Bertz CT molecular complexity index is 682. The fourth-order valence-corrected chi connectivity index (χ4v) is 3.56. The van der Waals surface area contributed by atoms with Gasteiger partial charge in [0, 0.05) is 37.4 Å². The summed E-state index contributed by atoms with van der Waals surface area (Å²) in [6, 6.07) is 13.0. The molecule has 2 atom stereocenters. The zero-order valence-electron chi connectivity index (χ0n) is 14.7. The van der Waals surface area contributed by atoms with Crippen LogP contribution in [0.4, 0.5) is 0 Å². The number of aryl methyl sites for hydroxylation is 1. The van der Waals surface area contributed by atoms with E-state index in [9.17, 15) is 4.79 Å². The average molecular weight is 326 g/mol. The summed E-state index contributed by atoms with van der Waals surface area (Å²) >= 11 is 0. The van der Waals surface area contributed by atoms with Crippen LogP contribution in [-0.2, 0) is 0 Å². The Labute approximate surface area is 143 Å². The number of carbonyl (C=O) groups is 1. The van der Waals surface area contributed by atoms with E-state index in [1.54, 1.807) is 0 Å². The number of likely N-dealkylation sites (N-methyl/N-ethyl adjacent to an activating group) is 1. The molecule has 3 rings (SSSR count). The highest BCUT2D eigenvalue weighted by atomic mass is 16.2. The first-order chi connectivity index (χ1) is 11.6. The number of nitrogens with one attached hydrogen (secondary N) is 1. The number of rotatable bonds is 5. The molecular weight excluding hydrogens is 300 g/mol. The number of nitrogens with zero attached hydrogens (tertiary/aromatic N) is 3. The van der Waals surface area contributed by atoms with E-state index in [0.717, 1.165) is 25.2 Å². The van der Waals surface area contributed by atoms with Gasteiger partial charge in [-0.3, -0.25) is 14.8 Å². The summed E-state index contributed by atoms with van der Waals surface area (Å²) in [5.74, 6) is 0.0288. The van der Waals surface area contributed by atoms with Crippen LogP contribution in [0.25, 0.3) is 0 Å². The molecule has 128 valence electrons. The van der Waals surface area contributed by atoms with Crippen LogP contribution >= 0.6 is 0 Å². The molecule has 0 unspecified atom stereocenters. The number of amides is 1. The van der Waals surface area contributed by atoms with Gasteiger partial charge >= 0.3 is 0 Å². The van der Waals surface area contributed by atoms with Gasteiger partial charge in [0.05, 0.1) is 0 Å². The molecule has 5 nitrogen and oxygen atoms in total. The van der Waals surface area contributed by atoms with Crippen molar-refractivity contribution in [3.8, 4) is 0 Å². The third-order valence-electron chi connectivity index (χ3n) is 4.99. The minimum atomic E-state index is 0.0288. The normalized spacial score (nSPS) is 19.4. The van der Waals surface area contributed by atoms with Gasteiger partial charge in [0.25, 0.3) is 5.91 Å². The zero-order chi connectivity index (χ0) is 17.1. The molecule has 1 fully saturated rings. The first kappa shape index (κ1) is 16.7. The van der Waals surface area contributed by atoms with Crippen molar-refractivity contribution in [2.24, 2.45) is 0 Å². The van der Waals surface area contributed by atoms with Crippen LogP contribution in [0.2, 0.25) is 0 Å². The molecule has 0 saturated carbocycles. The molecule has 1 N–H and O–H groups in total. The van der Waals surface area contributed by atoms with Crippen molar-refractivity contribution in [1.82, 2.24) is 20.0 Å². The number of aromatic nitrogens is 2. The van der Waals surface area contributed by atoms with Gasteiger partial charge in [-0.1, -0.05) is 30.3 Å². The number of hydrogen-bond acceptors (Lipinski definition) is 3. The number of likely N-dealkylation sites (tertiary alicyclic amines) is 1. The van der Waals surface area contributed by atoms with E-state index >= 15 is 0 Å². The van der Waals surface area contributed by atoms with Gasteiger partial charge in [-0.25, -0.2) is 0 Å². The molecule has 0 aliphatic carbocycles. The number of benzene rings is 1. The lowest BCUT2D eigenvalue weighted by Crippen LogP contribution is -2.42. The first-order valence-corrected chi connectivity index (χ1v) is 8.72. The molecule has 5 heteroatoms. The number of H-pyrrole nitrogens is 1. The summed E-state index contributed by atoms with van der Waals surface area (Å²) in [5, 5.41) is 6.99. The molecule has 2 aromatic rings. The topological polar surface area (TPSA) is 52.2 Å². The molecule has 2 heterocycles. The minimum absolute atomic E-state index is 0.0288. The van der Waals surface area contributed by atoms with Gasteiger partial charge in [0.1, 0.15) is 5.69 Å². The number of hydrogen-bond donors (Lipinski definition) is 1. The van der Waals surface area contributed by atoms with Crippen LogP contribution in [0.1, 0.15) is 48.1 Å². The van der Waals surface area contributed by atoms with Crippen molar-refractivity contribution in [3.05, 3.63) is 53.3 Å². The van der Waals surface area contributed by atoms with E-state index in [4.69, 9.17) is 0 Å². The van der Waals surface area contributed by atoms with Crippen LogP contribution < -0.4 is 0 Å². The molecule has 1 aliphatic heterocycles. The van der Waals surface area contributed by atoms with Gasteiger partial charge < -0.3 is 4.90 Å². The first-order valence-electron chi connectivity index (χ1n) is 8.72. The van der Waals surface area contributed by atoms with Gasteiger partial charge in [-0.05, 0) is 38.8 Å². The molecule has 1 aliphatic rings. The van der Waals surface area contributed by atoms with E-state index < -0.39 is 0 Å². The summed E-state index contributed by atoms with van der Waals surface area (Å²) in [5.41, 5.74) is 2.76. The van der Waals surface area contributed by atoms with Crippen molar-refractivity contribution >= 4 is 5.91 Å². The van der Waals surface area contributed by atoms with E-state index in [0.29, 0.717) is 18.3 Å². The van der Waals surface area contributed by atoms with E-state index in [2.05, 4.69) is 46.3 Å². The third-order valence-corrected chi connectivity index (χ3v) is 4.99. The van der Waals surface area contributed by atoms with Crippen LogP contribution in [0.5, 0.6) is 0 Å². The Balaban J connectivity index is 1.68. The Kier molecular flexibility index (Phi) is 5.00. The SMILES string of the molecule is CCN(C(=O)c1cc(C)[nH]n1)[C@H]1CCN([C@H](C)c2ccccc2)C1. The van der Waals surface area contributed by atoms with Crippen molar-refractivity contribution < 1.29 is 4.79 Å². The summed E-state index contributed by atoms with van der Waals surface area (Å²) in [6.07, 6.45) is 1.01. The molecule has 0 radical (unpaired) electrons. The Hall–Kier alpha value is -2.14. The molecule has 1 amide bonds. The van der Waals surface area contributed by atoms with Crippen LogP contribution in [0.15, 0.2) is 36.4 Å². The minimum Gasteiger partial charge on any atom is -0.333 e. The fourth-order valence-electron chi connectivity index (χ4n) is 3.56. The van der Waals surface area contributed by atoms with Gasteiger partial charge in [0.2, 0.25) is 0 Å². The molecule has 1 aromatic carbocycles.